The molecule has 0 aliphatic carbocycles. The van der Waals surface area contributed by atoms with Crippen molar-refractivity contribution in [2.24, 2.45) is 0 Å². The van der Waals surface area contributed by atoms with E-state index >= 15 is 0 Å². The highest BCUT2D eigenvalue weighted by atomic mass is 79.9. The standard InChI is InChI=1S/C8H9BBrFO3/c1-14-7-3-5(4-9(12)13)2-6(11)8(7)10/h2-3,12-13H,4H2,1H3. The Morgan fingerprint density at radius 1 is 1.50 bits per heavy atom. The minimum absolute atomic E-state index is 0.0272. The first-order chi connectivity index (χ1) is 6.54. The molecule has 14 heavy (non-hydrogen) atoms. The molecule has 6 heteroatoms. The molecule has 0 saturated carbocycles. The molecule has 0 unspecified atom stereocenters. The van der Waals surface area contributed by atoms with Gasteiger partial charge in [0, 0.05) is 6.32 Å². The van der Waals surface area contributed by atoms with E-state index in [1.807, 2.05) is 0 Å². The van der Waals surface area contributed by atoms with Gasteiger partial charge < -0.3 is 14.8 Å². The molecule has 0 radical (unpaired) electrons. The molecule has 0 amide bonds. The first-order valence-corrected chi connectivity index (χ1v) is 4.72. The average Bonchev–Trinajstić information content (AvgIpc) is 2.10. The number of hydrogen-bond acceptors (Lipinski definition) is 3. The third-order valence-corrected chi connectivity index (χ3v) is 2.46. The summed E-state index contributed by atoms with van der Waals surface area (Å²) in [6.07, 6.45) is -0.0272. The molecule has 1 rings (SSSR count). The summed E-state index contributed by atoms with van der Waals surface area (Å²) >= 11 is 3.02. The highest BCUT2D eigenvalue weighted by molar-refractivity contribution is 9.10. The third kappa shape index (κ3) is 2.70. The Balaban J connectivity index is 3.03. The molecule has 3 nitrogen and oxygen atoms in total. The smallest absolute Gasteiger partial charge is 0.456 e. The van der Waals surface area contributed by atoms with E-state index < -0.39 is 12.9 Å². The second-order valence-corrected chi connectivity index (χ2v) is 3.57. The fourth-order valence-electron chi connectivity index (χ4n) is 1.09. The lowest BCUT2D eigenvalue weighted by atomic mass is 9.82. The van der Waals surface area contributed by atoms with Crippen LogP contribution in [0.3, 0.4) is 0 Å². The van der Waals surface area contributed by atoms with Crippen molar-refractivity contribution in [1.29, 1.82) is 0 Å². The van der Waals surface area contributed by atoms with Gasteiger partial charge >= 0.3 is 7.12 Å². The molecule has 2 N–H and O–H groups in total. The van der Waals surface area contributed by atoms with Gasteiger partial charge in [-0.1, -0.05) is 0 Å². The topological polar surface area (TPSA) is 49.7 Å². The second kappa shape index (κ2) is 4.77. The zero-order valence-corrected chi connectivity index (χ0v) is 9.08. The minimum atomic E-state index is -1.49. The lowest BCUT2D eigenvalue weighted by molar-refractivity contribution is 0.401. The molecule has 0 spiro atoms. The first kappa shape index (κ1) is 11.5. The molecule has 0 aromatic heterocycles. The molecule has 0 atom stereocenters. The van der Waals surface area contributed by atoms with Gasteiger partial charge in [0.1, 0.15) is 11.6 Å². The number of halogens is 2. The van der Waals surface area contributed by atoms with Crippen molar-refractivity contribution in [3.05, 3.63) is 28.0 Å². The van der Waals surface area contributed by atoms with Crippen LogP contribution in [0.15, 0.2) is 16.6 Å². The molecular formula is C8H9BBrFO3. The van der Waals surface area contributed by atoms with Gasteiger partial charge in [0.25, 0.3) is 0 Å². The maximum absolute atomic E-state index is 13.2. The zero-order chi connectivity index (χ0) is 10.7. The van der Waals surface area contributed by atoms with Gasteiger partial charge in [0.2, 0.25) is 0 Å². The van der Waals surface area contributed by atoms with Gasteiger partial charge in [-0.05, 0) is 33.6 Å². The van der Waals surface area contributed by atoms with Crippen molar-refractivity contribution in [3.63, 3.8) is 0 Å². The summed E-state index contributed by atoms with van der Waals surface area (Å²) in [4.78, 5) is 0. The quantitative estimate of drug-likeness (QED) is 0.804. The normalized spacial score (nSPS) is 10.1. The van der Waals surface area contributed by atoms with Crippen LogP contribution >= 0.6 is 15.9 Å². The minimum Gasteiger partial charge on any atom is -0.495 e. The number of methoxy groups -OCH3 is 1. The predicted octanol–water partition coefficient (Wildman–Crippen LogP) is 1.15. The van der Waals surface area contributed by atoms with Crippen LogP contribution in [0.1, 0.15) is 5.56 Å². The van der Waals surface area contributed by atoms with Crippen LogP contribution < -0.4 is 4.74 Å². The second-order valence-electron chi connectivity index (χ2n) is 2.78. The van der Waals surface area contributed by atoms with Crippen molar-refractivity contribution in [2.45, 2.75) is 6.32 Å². The fraction of sp³-hybridized carbons (Fsp3) is 0.250. The van der Waals surface area contributed by atoms with E-state index in [1.54, 1.807) is 6.07 Å². The largest absolute Gasteiger partial charge is 0.495 e. The van der Waals surface area contributed by atoms with Gasteiger partial charge in [0.15, 0.2) is 0 Å². The lowest BCUT2D eigenvalue weighted by Gasteiger charge is -2.07. The van der Waals surface area contributed by atoms with E-state index in [1.165, 1.54) is 13.2 Å². The van der Waals surface area contributed by atoms with E-state index in [9.17, 15) is 4.39 Å². The highest BCUT2D eigenvalue weighted by Gasteiger charge is 2.13. The van der Waals surface area contributed by atoms with Crippen molar-refractivity contribution in [2.75, 3.05) is 7.11 Å². The maximum atomic E-state index is 13.2. The van der Waals surface area contributed by atoms with Gasteiger partial charge in [-0.15, -0.1) is 0 Å². The van der Waals surface area contributed by atoms with Crippen molar-refractivity contribution < 1.29 is 19.2 Å². The molecule has 0 fully saturated rings. The van der Waals surface area contributed by atoms with Crippen LogP contribution in [0.4, 0.5) is 4.39 Å². The molecule has 0 aliphatic rings. The van der Waals surface area contributed by atoms with Gasteiger partial charge in [-0.25, -0.2) is 4.39 Å². The Labute approximate surface area is 89.8 Å². The third-order valence-electron chi connectivity index (χ3n) is 1.69. The van der Waals surface area contributed by atoms with Gasteiger partial charge in [-0.3, -0.25) is 0 Å². The summed E-state index contributed by atoms with van der Waals surface area (Å²) in [7, 11) is -0.0705. The highest BCUT2D eigenvalue weighted by Crippen LogP contribution is 2.29. The Morgan fingerprint density at radius 2 is 2.14 bits per heavy atom. The van der Waals surface area contributed by atoms with E-state index in [4.69, 9.17) is 14.8 Å². The molecule has 0 saturated heterocycles. The first-order valence-electron chi connectivity index (χ1n) is 3.92. The molecule has 1 aromatic rings. The number of benzene rings is 1. The van der Waals surface area contributed by atoms with E-state index in [0.29, 0.717) is 11.3 Å². The molecule has 0 aliphatic heterocycles. The van der Waals surface area contributed by atoms with Gasteiger partial charge in [0.05, 0.1) is 11.6 Å². The van der Waals surface area contributed by atoms with E-state index in [-0.39, 0.29) is 10.8 Å². The number of hydrogen-bond donors (Lipinski definition) is 2. The summed E-state index contributed by atoms with van der Waals surface area (Å²) < 4.78 is 18.3. The Hall–Kier alpha value is -0.585. The van der Waals surface area contributed by atoms with Crippen molar-refractivity contribution >= 4 is 23.0 Å². The van der Waals surface area contributed by atoms with Crippen molar-refractivity contribution in [1.82, 2.24) is 0 Å². The van der Waals surface area contributed by atoms with E-state index in [0.717, 1.165) is 0 Å². The average molecular weight is 263 g/mol. The molecule has 1 aromatic carbocycles. The molecule has 0 bridgehead atoms. The van der Waals surface area contributed by atoms with Crippen molar-refractivity contribution in [3.8, 4) is 5.75 Å². The molecular weight excluding hydrogens is 254 g/mol. The van der Waals surface area contributed by atoms with E-state index in [2.05, 4.69) is 15.9 Å². The Morgan fingerprint density at radius 3 is 2.64 bits per heavy atom. The van der Waals surface area contributed by atoms with Crippen LogP contribution in [-0.2, 0) is 6.32 Å². The van der Waals surface area contributed by atoms with Crippen LogP contribution in [0.5, 0.6) is 5.75 Å². The van der Waals surface area contributed by atoms with Crippen LogP contribution in [0, 0.1) is 5.82 Å². The fourth-order valence-corrected chi connectivity index (χ4v) is 1.49. The molecule has 76 valence electrons. The number of rotatable bonds is 3. The maximum Gasteiger partial charge on any atom is 0.456 e. The summed E-state index contributed by atoms with van der Waals surface area (Å²) in [5.41, 5.74) is 0.470. The van der Waals surface area contributed by atoms with Crippen LogP contribution in [0.25, 0.3) is 0 Å². The monoisotopic (exact) mass is 262 g/mol. The van der Waals surface area contributed by atoms with Gasteiger partial charge in [-0.2, -0.15) is 0 Å². The summed E-state index contributed by atoms with van der Waals surface area (Å²) in [6.45, 7) is 0. The van der Waals surface area contributed by atoms with Crippen LogP contribution in [-0.4, -0.2) is 24.3 Å². The summed E-state index contributed by atoms with van der Waals surface area (Å²) in [6, 6.07) is 2.78. The summed E-state index contributed by atoms with van der Waals surface area (Å²) in [5.74, 6) is -0.152. The Kier molecular flexibility index (Phi) is 3.91. The zero-order valence-electron chi connectivity index (χ0n) is 7.50. The summed E-state index contributed by atoms with van der Waals surface area (Å²) in [5, 5.41) is 17.4. The molecule has 0 heterocycles. The lowest BCUT2D eigenvalue weighted by Crippen LogP contribution is -2.15. The van der Waals surface area contributed by atoms with Crippen LogP contribution in [0.2, 0.25) is 0 Å². The number of ether oxygens (including phenoxy) is 1. The predicted molar refractivity (Wildman–Crippen MR) is 54.5 cm³/mol. The SMILES string of the molecule is COc1cc(CB(O)O)cc(F)c1Br. The Bertz CT molecular complexity index is 333.